The van der Waals surface area contributed by atoms with Gasteiger partial charge in [0.05, 0.1) is 22.1 Å². The minimum Gasteiger partial charge on any atom is -0.307 e. The normalized spacial score (nSPS) is 12.9. The fraction of sp³-hybridized carbons (Fsp3) is 0.0500. The van der Waals surface area contributed by atoms with Crippen molar-refractivity contribution in [1.82, 2.24) is 24.1 Å². The van der Waals surface area contributed by atoms with Crippen LogP contribution in [0.15, 0.2) is 212 Å². The monoisotopic (exact) mass is 831 g/mol. The van der Waals surface area contributed by atoms with Crippen molar-refractivity contribution in [2.24, 2.45) is 0 Å². The lowest BCUT2D eigenvalue weighted by atomic mass is 9.80. The van der Waals surface area contributed by atoms with Crippen LogP contribution in [0.1, 0.15) is 25.0 Å². The largest absolute Gasteiger partial charge is 0.307 e. The van der Waals surface area contributed by atoms with Crippen LogP contribution in [0, 0.1) is 0 Å². The average molecular weight is 832 g/mol. The van der Waals surface area contributed by atoms with Crippen LogP contribution < -0.4 is 0 Å². The van der Waals surface area contributed by atoms with E-state index < -0.39 is 0 Å². The molecule has 13 rings (SSSR count). The Labute approximate surface area is 376 Å². The summed E-state index contributed by atoms with van der Waals surface area (Å²) in [6, 6.07) is 76.0. The molecule has 0 amide bonds. The van der Waals surface area contributed by atoms with Crippen molar-refractivity contribution in [1.29, 1.82) is 0 Å². The maximum atomic E-state index is 5.56. The third kappa shape index (κ3) is 5.62. The standard InChI is InChI=1S/C60H41N5/c1-60(2)51-32-14-11-27-44(51)47-30-18-31-50(54(47)60)58-61-57(39-21-7-4-8-22-39)62-59(63-58)65-53-34-16-13-29-46(53)49-36-35-48-45-28-12-15-33-52(45)64(55(48)56(49)65)41-24-17-23-40(37-41)43-26-10-9-25-42(43)38-19-5-3-6-20-38/h3-37H,1-2H3. The van der Waals surface area contributed by atoms with Crippen molar-refractivity contribution in [3.05, 3.63) is 223 Å². The zero-order chi connectivity index (χ0) is 43.2. The molecule has 0 radical (unpaired) electrons. The number of fused-ring (bicyclic) bond motifs is 10. The molecule has 9 aromatic carbocycles. The summed E-state index contributed by atoms with van der Waals surface area (Å²) in [5, 5.41) is 4.60. The predicted octanol–water partition coefficient (Wildman–Crippen LogP) is 15.0. The third-order valence-corrected chi connectivity index (χ3v) is 13.6. The zero-order valence-electron chi connectivity index (χ0n) is 35.9. The Morgan fingerprint density at radius 1 is 0.354 bits per heavy atom. The van der Waals surface area contributed by atoms with Gasteiger partial charge < -0.3 is 4.57 Å². The van der Waals surface area contributed by atoms with Crippen molar-refractivity contribution in [2.75, 3.05) is 0 Å². The Bertz CT molecular complexity index is 3860. The highest BCUT2D eigenvalue weighted by Crippen LogP contribution is 2.52. The van der Waals surface area contributed by atoms with E-state index in [1.54, 1.807) is 0 Å². The van der Waals surface area contributed by atoms with Crippen LogP contribution in [0.5, 0.6) is 0 Å². The number of rotatable bonds is 6. The van der Waals surface area contributed by atoms with E-state index in [-0.39, 0.29) is 5.41 Å². The summed E-state index contributed by atoms with van der Waals surface area (Å²) in [5.41, 5.74) is 16.8. The molecular weight excluding hydrogens is 791 g/mol. The Hall–Kier alpha value is -8.41. The first-order chi connectivity index (χ1) is 32.0. The number of aromatic nitrogens is 5. The minimum absolute atomic E-state index is 0.266. The van der Waals surface area contributed by atoms with Gasteiger partial charge in [0.1, 0.15) is 0 Å². The molecular formula is C60H41N5. The molecule has 0 aliphatic heterocycles. The summed E-state index contributed by atoms with van der Waals surface area (Å²) in [4.78, 5) is 16.3. The van der Waals surface area contributed by atoms with Gasteiger partial charge in [-0.3, -0.25) is 4.57 Å². The van der Waals surface area contributed by atoms with E-state index in [1.807, 2.05) is 18.2 Å². The number of benzene rings is 9. The van der Waals surface area contributed by atoms with E-state index in [0.717, 1.165) is 60.6 Å². The lowest BCUT2D eigenvalue weighted by Crippen LogP contribution is -2.17. The highest BCUT2D eigenvalue weighted by Gasteiger charge is 2.38. The number of hydrogen-bond donors (Lipinski definition) is 0. The van der Waals surface area contributed by atoms with Crippen LogP contribution in [-0.2, 0) is 5.41 Å². The van der Waals surface area contributed by atoms with Crippen LogP contribution in [0.2, 0.25) is 0 Å². The van der Waals surface area contributed by atoms with Crippen LogP contribution in [0.4, 0.5) is 0 Å². The molecule has 0 N–H and O–H groups in total. The summed E-state index contributed by atoms with van der Waals surface area (Å²) in [6.07, 6.45) is 0. The fourth-order valence-corrected chi connectivity index (χ4v) is 10.7. The van der Waals surface area contributed by atoms with Crippen LogP contribution >= 0.6 is 0 Å². The SMILES string of the molecule is CC1(C)c2ccccc2-c2cccc(-c3nc(-c4ccccc4)nc(-n4c5ccccc5c5ccc6c7ccccc7n(-c7cccc(-c8ccccc8-c8ccccc8)c7)c6c54)n3)c21. The van der Waals surface area contributed by atoms with E-state index in [1.165, 1.54) is 44.3 Å². The lowest BCUT2D eigenvalue weighted by Gasteiger charge is -2.24. The highest BCUT2D eigenvalue weighted by molar-refractivity contribution is 6.23. The summed E-state index contributed by atoms with van der Waals surface area (Å²) in [5.74, 6) is 1.84. The maximum absolute atomic E-state index is 5.56. The van der Waals surface area contributed by atoms with Gasteiger partial charge in [0.15, 0.2) is 11.6 Å². The quantitative estimate of drug-likeness (QED) is 0.168. The van der Waals surface area contributed by atoms with Crippen molar-refractivity contribution < 1.29 is 0 Å². The maximum Gasteiger partial charge on any atom is 0.238 e. The first-order valence-electron chi connectivity index (χ1n) is 22.3. The molecule has 5 heteroatoms. The molecule has 1 aliphatic carbocycles. The summed E-state index contributed by atoms with van der Waals surface area (Å²) < 4.78 is 4.73. The molecule has 0 saturated carbocycles. The first kappa shape index (κ1) is 37.2. The Morgan fingerprint density at radius 2 is 0.862 bits per heavy atom. The van der Waals surface area contributed by atoms with Gasteiger partial charge in [-0.05, 0) is 68.8 Å². The van der Waals surface area contributed by atoms with Crippen molar-refractivity contribution >= 4 is 43.6 Å². The Balaban J connectivity index is 1.12. The van der Waals surface area contributed by atoms with Crippen molar-refractivity contribution in [3.63, 3.8) is 0 Å². The van der Waals surface area contributed by atoms with Crippen LogP contribution in [0.25, 0.3) is 111 Å². The van der Waals surface area contributed by atoms with E-state index >= 15 is 0 Å². The van der Waals surface area contributed by atoms with Gasteiger partial charge >= 0.3 is 0 Å². The molecule has 0 unspecified atom stereocenters. The van der Waals surface area contributed by atoms with Crippen molar-refractivity contribution in [3.8, 4) is 67.8 Å². The second kappa shape index (κ2) is 14.3. The summed E-state index contributed by atoms with van der Waals surface area (Å²) >= 11 is 0. The molecule has 0 spiro atoms. The zero-order valence-corrected chi connectivity index (χ0v) is 35.9. The van der Waals surface area contributed by atoms with Gasteiger partial charge in [0, 0.05) is 43.8 Å². The second-order valence-corrected chi connectivity index (χ2v) is 17.6. The van der Waals surface area contributed by atoms with Crippen LogP contribution in [-0.4, -0.2) is 24.1 Å². The molecule has 0 atom stereocenters. The number of hydrogen-bond acceptors (Lipinski definition) is 3. The lowest BCUT2D eigenvalue weighted by molar-refractivity contribution is 0.661. The van der Waals surface area contributed by atoms with Gasteiger partial charge in [-0.2, -0.15) is 9.97 Å². The smallest absolute Gasteiger partial charge is 0.238 e. The molecule has 0 fully saturated rings. The van der Waals surface area contributed by atoms with E-state index in [9.17, 15) is 0 Å². The first-order valence-corrected chi connectivity index (χ1v) is 22.3. The molecule has 306 valence electrons. The Morgan fingerprint density at radius 3 is 1.58 bits per heavy atom. The van der Waals surface area contributed by atoms with E-state index in [0.29, 0.717) is 17.6 Å². The minimum atomic E-state index is -0.266. The summed E-state index contributed by atoms with van der Waals surface area (Å²) in [6.45, 7) is 4.64. The van der Waals surface area contributed by atoms with Gasteiger partial charge in [0.2, 0.25) is 5.95 Å². The summed E-state index contributed by atoms with van der Waals surface area (Å²) in [7, 11) is 0. The fourth-order valence-electron chi connectivity index (χ4n) is 10.7. The average Bonchev–Trinajstić information content (AvgIpc) is 3.98. The van der Waals surface area contributed by atoms with Gasteiger partial charge in [-0.1, -0.05) is 202 Å². The second-order valence-electron chi connectivity index (χ2n) is 17.6. The molecule has 3 heterocycles. The molecule has 1 aliphatic rings. The molecule has 5 nitrogen and oxygen atoms in total. The Kier molecular flexibility index (Phi) is 8.18. The van der Waals surface area contributed by atoms with Gasteiger partial charge in [0.25, 0.3) is 0 Å². The topological polar surface area (TPSA) is 48.5 Å². The molecule has 0 bridgehead atoms. The molecule has 12 aromatic rings. The van der Waals surface area contributed by atoms with Gasteiger partial charge in [-0.15, -0.1) is 0 Å². The van der Waals surface area contributed by atoms with E-state index in [4.69, 9.17) is 15.0 Å². The van der Waals surface area contributed by atoms with Crippen LogP contribution in [0.3, 0.4) is 0 Å². The third-order valence-electron chi connectivity index (χ3n) is 13.6. The van der Waals surface area contributed by atoms with Gasteiger partial charge in [-0.25, -0.2) is 4.98 Å². The molecule has 65 heavy (non-hydrogen) atoms. The number of nitrogens with zero attached hydrogens (tertiary/aromatic N) is 5. The van der Waals surface area contributed by atoms with Crippen molar-refractivity contribution in [2.45, 2.75) is 19.3 Å². The number of para-hydroxylation sites is 2. The predicted molar refractivity (Wildman–Crippen MR) is 268 cm³/mol. The molecule has 0 saturated heterocycles. The highest BCUT2D eigenvalue weighted by atomic mass is 15.2. The van der Waals surface area contributed by atoms with E-state index in [2.05, 4.69) is 217 Å². The molecule has 3 aromatic heterocycles.